The molecule has 3 aliphatic rings. The van der Waals surface area contributed by atoms with Gasteiger partial charge in [-0.1, -0.05) is 23.8 Å². The molecule has 0 unspecified atom stereocenters. The predicted octanol–water partition coefficient (Wildman–Crippen LogP) is 4.79. The number of epoxide rings is 1. The van der Waals surface area contributed by atoms with Crippen LogP contribution in [0, 0.1) is 5.92 Å². The van der Waals surface area contributed by atoms with Crippen molar-refractivity contribution in [3.8, 4) is 0 Å². The fourth-order valence-corrected chi connectivity index (χ4v) is 5.13. The SMILES string of the molecule is CC(=O)O[C@@H](C)C=CC(=O)NC1CCC(CC=C(C)C=C[C@@H]2C[C@]3(CO3)CC(C)(C)O2)CC1. The van der Waals surface area contributed by atoms with Gasteiger partial charge in [0.25, 0.3) is 0 Å². The highest BCUT2D eigenvalue weighted by atomic mass is 16.6. The summed E-state index contributed by atoms with van der Waals surface area (Å²) in [6, 6.07) is 0.219. The average Bonchev–Trinajstić information content (AvgIpc) is 3.46. The van der Waals surface area contributed by atoms with Crippen LogP contribution < -0.4 is 5.32 Å². The maximum atomic E-state index is 12.1. The summed E-state index contributed by atoms with van der Waals surface area (Å²) in [5.41, 5.74) is 1.19. The number of esters is 1. The fraction of sp³-hybridized carbons (Fsp3) is 0.704. The van der Waals surface area contributed by atoms with Gasteiger partial charge in [0.05, 0.1) is 23.9 Å². The maximum absolute atomic E-state index is 12.1. The Morgan fingerprint density at radius 1 is 1.15 bits per heavy atom. The number of allylic oxidation sites excluding steroid dienone is 3. The van der Waals surface area contributed by atoms with E-state index in [2.05, 4.69) is 44.3 Å². The molecule has 2 aliphatic heterocycles. The monoisotopic (exact) mass is 459 g/mol. The van der Waals surface area contributed by atoms with Gasteiger partial charge in [0.2, 0.25) is 5.91 Å². The highest BCUT2D eigenvalue weighted by Gasteiger charge is 2.53. The van der Waals surface area contributed by atoms with Crippen molar-refractivity contribution in [2.24, 2.45) is 5.92 Å². The quantitative estimate of drug-likeness (QED) is 0.244. The number of rotatable bonds is 8. The first-order valence-electron chi connectivity index (χ1n) is 12.4. The molecule has 6 heteroatoms. The van der Waals surface area contributed by atoms with Crippen LogP contribution in [-0.4, -0.2) is 47.9 Å². The van der Waals surface area contributed by atoms with Gasteiger partial charge in [-0.25, -0.2) is 0 Å². The molecule has 1 saturated carbocycles. The third kappa shape index (κ3) is 8.74. The Bertz CT molecular complexity index is 778. The Hall–Kier alpha value is -1.92. The van der Waals surface area contributed by atoms with Gasteiger partial charge in [-0.05, 0) is 71.8 Å². The van der Waals surface area contributed by atoms with Crippen molar-refractivity contribution in [2.75, 3.05) is 6.61 Å². The molecule has 1 amide bonds. The lowest BCUT2D eigenvalue weighted by Crippen LogP contribution is -2.43. The van der Waals surface area contributed by atoms with Crippen molar-refractivity contribution in [3.05, 3.63) is 36.0 Å². The molecule has 1 aliphatic carbocycles. The Kier molecular flexibility index (Phi) is 8.57. The standard InChI is InChI=1S/C27H41NO5/c1-19(7-14-24-16-27(18-31-27)17-26(4,5)33-24)6-9-22-10-12-23(13-11-22)28-25(30)15-8-20(2)32-21(3)29/h6-8,14-15,20,22-24H,9-13,16-18H2,1-5H3,(H,28,30)/t20-,22?,23?,24+,27+/m0/s1. The summed E-state index contributed by atoms with van der Waals surface area (Å²) in [6.07, 6.45) is 16.7. The van der Waals surface area contributed by atoms with Crippen molar-refractivity contribution in [3.63, 3.8) is 0 Å². The molecule has 3 fully saturated rings. The topological polar surface area (TPSA) is 77.2 Å². The molecule has 2 heterocycles. The van der Waals surface area contributed by atoms with Crippen LogP contribution in [0.4, 0.5) is 0 Å². The Labute approximate surface area is 198 Å². The first kappa shape index (κ1) is 25.7. The molecule has 0 aromatic heterocycles. The molecule has 2 saturated heterocycles. The van der Waals surface area contributed by atoms with E-state index >= 15 is 0 Å². The summed E-state index contributed by atoms with van der Waals surface area (Å²) in [5.74, 6) is 0.192. The maximum Gasteiger partial charge on any atom is 0.303 e. The van der Waals surface area contributed by atoms with E-state index in [-0.39, 0.29) is 35.2 Å². The van der Waals surface area contributed by atoms with Gasteiger partial charge in [0.15, 0.2) is 0 Å². The van der Waals surface area contributed by atoms with Gasteiger partial charge < -0.3 is 19.5 Å². The number of ether oxygens (including phenoxy) is 3. The van der Waals surface area contributed by atoms with Crippen molar-refractivity contribution in [1.29, 1.82) is 0 Å². The lowest BCUT2D eigenvalue weighted by molar-refractivity contribution is -0.143. The fourth-order valence-electron chi connectivity index (χ4n) is 5.13. The number of amides is 1. The van der Waals surface area contributed by atoms with Crippen molar-refractivity contribution in [2.45, 2.75) is 109 Å². The minimum atomic E-state index is -0.396. The summed E-state index contributed by atoms with van der Waals surface area (Å²) in [6.45, 7) is 10.4. The van der Waals surface area contributed by atoms with Gasteiger partial charge in [0, 0.05) is 31.9 Å². The molecule has 3 atom stereocenters. The molecule has 0 radical (unpaired) electrons. The molecule has 184 valence electrons. The van der Waals surface area contributed by atoms with Crippen LogP contribution in [0.3, 0.4) is 0 Å². The van der Waals surface area contributed by atoms with Crippen molar-refractivity contribution < 1.29 is 23.8 Å². The van der Waals surface area contributed by atoms with Gasteiger partial charge in [-0.3, -0.25) is 9.59 Å². The van der Waals surface area contributed by atoms with Crippen LogP contribution in [0.15, 0.2) is 36.0 Å². The lowest BCUT2D eigenvalue weighted by atomic mass is 9.83. The van der Waals surface area contributed by atoms with Crippen molar-refractivity contribution >= 4 is 11.9 Å². The second kappa shape index (κ2) is 11.0. The second-order valence-corrected chi connectivity index (χ2v) is 10.7. The van der Waals surface area contributed by atoms with Crippen LogP contribution in [0.5, 0.6) is 0 Å². The normalized spacial score (nSPS) is 32.8. The van der Waals surface area contributed by atoms with Crippen LogP contribution in [-0.2, 0) is 23.8 Å². The Morgan fingerprint density at radius 2 is 1.85 bits per heavy atom. The highest BCUT2D eigenvalue weighted by Crippen LogP contribution is 2.46. The average molecular weight is 460 g/mol. The molecular formula is C27H41NO5. The summed E-state index contributed by atoms with van der Waals surface area (Å²) in [4.78, 5) is 23.0. The minimum absolute atomic E-state index is 0.0544. The zero-order valence-electron chi connectivity index (χ0n) is 20.9. The Morgan fingerprint density at radius 3 is 2.48 bits per heavy atom. The van der Waals surface area contributed by atoms with E-state index in [1.54, 1.807) is 13.0 Å². The van der Waals surface area contributed by atoms with Gasteiger partial charge in [-0.2, -0.15) is 0 Å². The first-order chi connectivity index (χ1) is 15.5. The smallest absolute Gasteiger partial charge is 0.303 e. The third-order valence-electron chi connectivity index (χ3n) is 6.75. The number of carbonyl (C=O) groups excluding carboxylic acids is 2. The predicted molar refractivity (Wildman–Crippen MR) is 129 cm³/mol. The molecule has 1 spiro atoms. The zero-order chi connectivity index (χ0) is 24.1. The molecule has 1 N–H and O–H groups in total. The van der Waals surface area contributed by atoms with E-state index in [4.69, 9.17) is 14.2 Å². The zero-order valence-corrected chi connectivity index (χ0v) is 20.9. The van der Waals surface area contributed by atoms with Gasteiger partial charge in [0.1, 0.15) is 6.10 Å². The van der Waals surface area contributed by atoms with E-state index in [1.165, 1.54) is 18.6 Å². The minimum Gasteiger partial charge on any atom is -0.459 e. The summed E-state index contributed by atoms with van der Waals surface area (Å²) >= 11 is 0. The Balaban J connectivity index is 1.36. The summed E-state index contributed by atoms with van der Waals surface area (Å²) in [5, 5.41) is 3.07. The van der Waals surface area contributed by atoms with E-state index in [0.717, 1.165) is 51.6 Å². The lowest BCUT2D eigenvalue weighted by Gasteiger charge is -2.38. The highest BCUT2D eigenvalue weighted by molar-refractivity contribution is 5.87. The number of hydrogen-bond acceptors (Lipinski definition) is 5. The molecule has 0 aromatic carbocycles. The summed E-state index contributed by atoms with van der Waals surface area (Å²) < 4.78 is 17.0. The van der Waals surface area contributed by atoms with Crippen LogP contribution in [0.1, 0.15) is 79.6 Å². The number of nitrogens with one attached hydrogen (secondary N) is 1. The van der Waals surface area contributed by atoms with E-state index in [1.807, 2.05) is 0 Å². The molecular weight excluding hydrogens is 418 g/mol. The van der Waals surface area contributed by atoms with E-state index in [0.29, 0.717) is 5.92 Å². The van der Waals surface area contributed by atoms with Gasteiger partial charge in [-0.15, -0.1) is 0 Å². The number of carbonyl (C=O) groups is 2. The van der Waals surface area contributed by atoms with Gasteiger partial charge >= 0.3 is 5.97 Å². The second-order valence-electron chi connectivity index (χ2n) is 10.7. The largest absolute Gasteiger partial charge is 0.459 e. The first-order valence-corrected chi connectivity index (χ1v) is 12.4. The molecule has 3 rings (SSSR count). The van der Waals surface area contributed by atoms with Crippen LogP contribution in [0.2, 0.25) is 0 Å². The van der Waals surface area contributed by atoms with E-state index in [9.17, 15) is 9.59 Å². The van der Waals surface area contributed by atoms with Crippen LogP contribution in [0.25, 0.3) is 0 Å². The number of hydrogen-bond donors (Lipinski definition) is 1. The molecule has 0 aromatic rings. The van der Waals surface area contributed by atoms with E-state index < -0.39 is 6.10 Å². The summed E-state index contributed by atoms with van der Waals surface area (Å²) in [7, 11) is 0. The third-order valence-corrected chi connectivity index (χ3v) is 6.75. The molecule has 0 bridgehead atoms. The molecule has 6 nitrogen and oxygen atoms in total. The van der Waals surface area contributed by atoms with Crippen LogP contribution >= 0.6 is 0 Å². The molecule has 33 heavy (non-hydrogen) atoms. The van der Waals surface area contributed by atoms with Crippen molar-refractivity contribution in [1.82, 2.24) is 5.32 Å².